The number of hydrogen-bond acceptors (Lipinski definition) is 2. The van der Waals surface area contributed by atoms with E-state index in [1.807, 2.05) is 36.4 Å². The van der Waals surface area contributed by atoms with Crippen molar-refractivity contribution >= 4 is 23.6 Å². The van der Waals surface area contributed by atoms with Gasteiger partial charge in [-0.05, 0) is 11.1 Å². The van der Waals surface area contributed by atoms with Crippen LogP contribution in [0.2, 0.25) is 5.15 Å². The quantitative estimate of drug-likeness (QED) is 0.903. The molecule has 1 N–H and O–H groups in total. The van der Waals surface area contributed by atoms with Crippen molar-refractivity contribution in [3.05, 3.63) is 58.4 Å². The van der Waals surface area contributed by atoms with Gasteiger partial charge in [0, 0.05) is 0 Å². The molecule has 0 fully saturated rings. The van der Waals surface area contributed by atoms with E-state index in [9.17, 15) is 4.79 Å². The number of rotatable bonds is 2. The number of aromatic nitrogens is 2. The Kier molecular flexibility index (Phi) is 2.45. The molecule has 1 aromatic carbocycles. The van der Waals surface area contributed by atoms with Gasteiger partial charge in [0.1, 0.15) is 10.7 Å². The van der Waals surface area contributed by atoms with Gasteiger partial charge in [-0.1, -0.05) is 48.0 Å². The Balaban J connectivity index is 2.08. The average Bonchev–Trinajstić information content (AvgIpc) is 2.92. The zero-order valence-corrected chi connectivity index (χ0v) is 10.0. The standard InChI is InChI=1S/C13H9ClN2O2/c14-12-10(13(17)18)7-15-16(12)11-6-5-8-3-1-2-4-9(8)11/h1-7,11H,(H,17,18). The highest BCUT2D eigenvalue weighted by Crippen LogP contribution is 2.33. The van der Waals surface area contributed by atoms with Crippen LogP contribution in [0.3, 0.4) is 0 Å². The lowest BCUT2D eigenvalue weighted by molar-refractivity contribution is 0.0697. The number of nitrogens with zero attached hydrogens (tertiary/aromatic N) is 2. The molecule has 0 aliphatic heterocycles. The monoisotopic (exact) mass is 260 g/mol. The van der Waals surface area contributed by atoms with Crippen LogP contribution in [0, 0.1) is 0 Å². The van der Waals surface area contributed by atoms with Crippen molar-refractivity contribution in [1.29, 1.82) is 0 Å². The van der Waals surface area contributed by atoms with Crippen molar-refractivity contribution < 1.29 is 9.90 Å². The number of fused-ring (bicyclic) bond motifs is 1. The van der Waals surface area contributed by atoms with E-state index in [-0.39, 0.29) is 16.8 Å². The third-order valence-corrected chi connectivity index (χ3v) is 3.38. The minimum absolute atomic E-state index is 0.0226. The van der Waals surface area contributed by atoms with Crippen molar-refractivity contribution in [2.45, 2.75) is 6.04 Å². The molecule has 0 saturated heterocycles. The lowest BCUT2D eigenvalue weighted by Crippen LogP contribution is -2.09. The normalized spacial score (nSPS) is 16.8. The van der Waals surface area contributed by atoms with E-state index in [0.29, 0.717) is 0 Å². The molecule has 1 heterocycles. The maximum Gasteiger partial charge on any atom is 0.340 e. The first-order chi connectivity index (χ1) is 8.68. The number of carbonyl (C=O) groups is 1. The largest absolute Gasteiger partial charge is 0.478 e. The average molecular weight is 261 g/mol. The number of allylic oxidation sites excluding steroid dienone is 1. The summed E-state index contributed by atoms with van der Waals surface area (Å²) in [5, 5.41) is 13.2. The molecule has 5 heteroatoms. The Hall–Kier alpha value is -2.07. The van der Waals surface area contributed by atoms with Gasteiger partial charge < -0.3 is 5.11 Å². The van der Waals surface area contributed by atoms with Crippen LogP contribution in [0.15, 0.2) is 36.5 Å². The van der Waals surface area contributed by atoms with Gasteiger partial charge in [0.2, 0.25) is 0 Å². The molecule has 2 aromatic rings. The number of hydrogen-bond donors (Lipinski definition) is 1. The molecule has 0 amide bonds. The van der Waals surface area contributed by atoms with Crippen molar-refractivity contribution in [2.24, 2.45) is 0 Å². The molecular weight excluding hydrogens is 252 g/mol. The highest BCUT2D eigenvalue weighted by atomic mass is 35.5. The predicted octanol–water partition coefficient (Wildman–Crippen LogP) is 2.85. The van der Waals surface area contributed by atoms with Gasteiger partial charge >= 0.3 is 5.97 Å². The highest BCUT2D eigenvalue weighted by molar-refractivity contribution is 6.32. The second-order valence-electron chi connectivity index (χ2n) is 4.03. The summed E-state index contributed by atoms with van der Waals surface area (Å²) in [6, 6.07) is 7.74. The fourth-order valence-electron chi connectivity index (χ4n) is 2.13. The Bertz CT molecular complexity index is 661. The first-order valence-corrected chi connectivity index (χ1v) is 5.79. The van der Waals surface area contributed by atoms with Gasteiger partial charge in [-0.3, -0.25) is 0 Å². The van der Waals surface area contributed by atoms with Gasteiger partial charge in [0.15, 0.2) is 0 Å². The van der Waals surface area contributed by atoms with Crippen LogP contribution in [0.1, 0.15) is 27.5 Å². The molecule has 1 aromatic heterocycles. The van der Waals surface area contributed by atoms with Gasteiger partial charge in [-0.2, -0.15) is 5.10 Å². The zero-order chi connectivity index (χ0) is 12.7. The molecule has 90 valence electrons. The summed E-state index contributed by atoms with van der Waals surface area (Å²) >= 11 is 6.05. The Labute approximate surface area is 108 Å². The van der Waals surface area contributed by atoms with Gasteiger partial charge in [-0.15, -0.1) is 0 Å². The van der Waals surface area contributed by atoms with E-state index < -0.39 is 5.97 Å². The van der Waals surface area contributed by atoms with E-state index in [0.717, 1.165) is 11.1 Å². The number of aromatic carboxylic acids is 1. The van der Waals surface area contributed by atoms with E-state index in [4.69, 9.17) is 16.7 Å². The number of carboxylic acid groups (broad SMARTS) is 1. The van der Waals surface area contributed by atoms with Crippen LogP contribution in [0.4, 0.5) is 0 Å². The summed E-state index contributed by atoms with van der Waals surface area (Å²) in [5.74, 6) is -1.07. The fraction of sp³-hybridized carbons (Fsp3) is 0.0769. The van der Waals surface area contributed by atoms with Crippen LogP contribution in [-0.4, -0.2) is 20.9 Å². The van der Waals surface area contributed by atoms with Crippen LogP contribution in [0.25, 0.3) is 6.08 Å². The molecule has 4 nitrogen and oxygen atoms in total. The smallest absolute Gasteiger partial charge is 0.340 e. The van der Waals surface area contributed by atoms with Crippen molar-refractivity contribution in [2.75, 3.05) is 0 Å². The van der Waals surface area contributed by atoms with Gasteiger partial charge in [0.05, 0.1) is 12.2 Å². The van der Waals surface area contributed by atoms with Crippen LogP contribution in [0.5, 0.6) is 0 Å². The molecule has 18 heavy (non-hydrogen) atoms. The summed E-state index contributed by atoms with van der Waals surface area (Å²) in [7, 11) is 0. The molecule has 1 aliphatic carbocycles. The van der Waals surface area contributed by atoms with Crippen molar-refractivity contribution in [3.63, 3.8) is 0 Å². The van der Waals surface area contributed by atoms with E-state index in [2.05, 4.69) is 5.10 Å². The third-order valence-electron chi connectivity index (χ3n) is 3.00. The third kappa shape index (κ3) is 1.54. The van der Waals surface area contributed by atoms with E-state index >= 15 is 0 Å². The van der Waals surface area contributed by atoms with E-state index in [1.165, 1.54) is 10.9 Å². The van der Waals surface area contributed by atoms with E-state index in [1.54, 1.807) is 0 Å². The Morgan fingerprint density at radius 3 is 2.89 bits per heavy atom. The second-order valence-corrected chi connectivity index (χ2v) is 4.39. The number of halogens is 1. The lowest BCUT2D eigenvalue weighted by atomic mass is 10.1. The topological polar surface area (TPSA) is 55.1 Å². The molecular formula is C13H9ClN2O2. The number of carboxylic acids is 1. The summed E-state index contributed by atoms with van der Waals surface area (Å²) in [4.78, 5) is 10.9. The van der Waals surface area contributed by atoms with Gasteiger partial charge in [0.25, 0.3) is 0 Å². The fourth-order valence-corrected chi connectivity index (χ4v) is 2.41. The summed E-state index contributed by atoms with van der Waals surface area (Å²) in [6.45, 7) is 0. The minimum Gasteiger partial charge on any atom is -0.478 e. The molecule has 1 unspecified atom stereocenters. The highest BCUT2D eigenvalue weighted by Gasteiger charge is 2.24. The maximum absolute atomic E-state index is 10.9. The molecule has 1 atom stereocenters. The van der Waals surface area contributed by atoms with Gasteiger partial charge in [-0.25, -0.2) is 9.48 Å². The maximum atomic E-state index is 10.9. The van der Waals surface area contributed by atoms with Crippen molar-refractivity contribution in [3.8, 4) is 0 Å². The predicted molar refractivity (Wildman–Crippen MR) is 67.8 cm³/mol. The van der Waals surface area contributed by atoms with Crippen LogP contribution in [-0.2, 0) is 0 Å². The lowest BCUT2D eigenvalue weighted by Gasteiger charge is -2.12. The molecule has 0 spiro atoms. The first-order valence-electron chi connectivity index (χ1n) is 5.42. The number of benzene rings is 1. The minimum atomic E-state index is -1.07. The van der Waals surface area contributed by atoms with Crippen molar-refractivity contribution in [1.82, 2.24) is 9.78 Å². The van der Waals surface area contributed by atoms with Crippen LogP contribution < -0.4 is 0 Å². The molecule has 0 radical (unpaired) electrons. The summed E-state index contributed by atoms with van der Waals surface area (Å²) in [6.07, 6.45) is 5.22. The molecule has 0 saturated carbocycles. The second kappa shape index (κ2) is 3.99. The molecule has 0 bridgehead atoms. The summed E-state index contributed by atoms with van der Waals surface area (Å²) in [5.41, 5.74) is 2.19. The zero-order valence-electron chi connectivity index (χ0n) is 9.25. The Morgan fingerprint density at radius 1 is 1.39 bits per heavy atom. The van der Waals surface area contributed by atoms with Crippen LogP contribution >= 0.6 is 11.6 Å². The Morgan fingerprint density at radius 2 is 2.17 bits per heavy atom. The summed E-state index contributed by atoms with van der Waals surface area (Å²) < 4.78 is 1.52. The first kappa shape index (κ1) is 11.0. The SMILES string of the molecule is O=C(O)c1cnn(C2C=Cc3ccccc32)c1Cl. The molecule has 3 rings (SSSR count). The molecule has 1 aliphatic rings.